The second-order valence-electron chi connectivity index (χ2n) is 7.54. The molecule has 0 bridgehead atoms. The van der Waals surface area contributed by atoms with Gasteiger partial charge < -0.3 is 15.5 Å². The third kappa shape index (κ3) is 15.4. The molecule has 0 saturated carbocycles. The van der Waals surface area contributed by atoms with E-state index < -0.39 is 0 Å². The van der Waals surface area contributed by atoms with Crippen LogP contribution < -0.4 is 11.1 Å². The zero-order chi connectivity index (χ0) is 18.6. The first-order valence-corrected chi connectivity index (χ1v) is 8.56. The highest BCUT2D eigenvalue weighted by Crippen LogP contribution is 2.08. The summed E-state index contributed by atoms with van der Waals surface area (Å²) in [7, 11) is 8.20. The number of aliphatic imine (C=N–C) groups is 3. The highest BCUT2D eigenvalue weighted by Gasteiger charge is 2.07. The van der Waals surface area contributed by atoms with Crippen LogP contribution in [0.2, 0.25) is 0 Å². The van der Waals surface area contributed by atoms with Gasteiger partial charge in [-0.1, -0.05) is 20.8 Å². The lowest BCUT2D eigenvalue weighted by Crippen LogP contribution is -2.37. The summed E-state index contributed by atoms with van der Waals surface area (Å²) in [6.45, 7) is 9.67. The Bertz CT molecular complexity index is 417. The van der Waals surface area contributed by atoms with Crippen molar-refractivity contribution in [1.29, 1.82) is 0 Å². The molecule has 0 rings (SSSR count). The van der Waals surface area contributed by atoms with Crippen LogP contribution in [0.4, 0.5) is 0 Å². The molecule has 0 heterocycles. The minimum Gasteiger partial charge on any atom is -0.370 e. The average molecular weight is 340 g/mol. The summed E-state index contributed by atoms with van der Waals surface area (Å²) in [5, 5.41) is 3.02. The third-order valence-electron chi connectivity index (χ3n) is 2.88. The first-order chi connectivity index (χ1) is 11.1. The monoisotopic (exact) mass is 339 g/mol. The van der Waals surface area contributed by atoms with Crippen LogP contribution >= 0.6 is 0 Å². The largest absolute Gasteiger partial charge is 0.370 e. The summed E-state index contributed by atoms with van der Waals surface area (Å²) >= 11 is 0. The highest BCUT2D eigenvalue weighted by molar-refractivity contribution is 6.01. The minimum absolute atomic E-state index is 0.0102. The summed E-state index contributed by atoms with van der Waals surface area (Å²) in [6, 6.07) is 0. The Hall–Kier alpha value is -1.47. The quantitative estimate of drug-likeness (QED) is 0.396. The molecule has 3 N–H and O–H groups in total. The molecule has 7 nitrogen and oxygen atoms in total. The summed E-state index contributed by atoms with van der Waals surface area (Å²) in [6.07, 6.45) is 3.82. The molecule has 0 aromatic heterocycles. The van der Waals surface area contributed by atoms with E-state index in [1.165, 1.54) is 0 Å². The molecule has 7 heteroatoms. The molecular weight excluding hydrogens is 302 g/mol. The molecule has 0 aliphatic heterocycles. The minimum atomic E-state index is -0.0102. The van der Waals surface area contributed by atoms with Crippen molar-refractivity contribution < 1.29 is 0 Å². The smallest absolute Gasteiger partial charge is 0.224 e. The van der Waals surface area contributed by atoms with Gasteiger partial charge in [0.2, 0.25) is 5.96 Å². The van der Waals surface area contributed by atoms with Gasteiger partial charge in [0, 0.05) is 19.3 Å². The van der Waals surface area contributed by atoms with E-state index >= 15 is 0 Å². The first-order valence-electron chi connectivity index (χ1n) is 8.56. The Labute approximate surface area is 148 Å². The van der Waals surface area contributed by atoms with Crippen LogP contribution in [0.3, 0.4) is 0 Å². The molecule has 0 aliphatic rings. The molecule has 0 amide bonds. The number of hydrogen-bond acceptors (Lipinski definition) is 4. The lowest BCUT2D eigenvalue weighted by molar-refractivity contribution is 0.403. The van der Waals surface area contributed by atoms with Gasteiger partial charge in [-0.3, -0.25) is 15.3 Å². The predicted molar refractivity (Wildman–Crippen MR) is 106 cm³/mol. The number of rotatable bonds is 8. The Morgan fingerprint density at radius 1 is 0.958 bits per heavy atom. The average Bonchev–Trinajstić information content (AvgIpc) is 2.44. The van der Waals surface area contributed by atoms with Crippen molar-refractivity contribution in [3.8, 4) is 0 Å². The Kier molecular flexibility index (Phi) is 11.2. The number of nitrogens with zero attached hydrogens (tertiary/aromatic N) is 5. The lowest BCUT2D eigenvalue weighted by atomic mass is 9.99. The molecule has 0 unspecified atom stereocenters. The molecule has 0 atom stereocenters. The maximum atomic E-state index is 5.95. The van der Waals surface area contributed by atoms with Crippen molar-refractivity contribution in [2.24, 2.45) is 26.1 Å². The SMILES string of the molecule is CN(C)CCCN=C(N)NC(N=CC(C)(C)C)=NCCCN(C)C. The van der Waals surface area contributed by atoms with E-state index in [2.05, 4.69) is 65.0 Å². The van der Waals surface area contributed by atoms with Crippen LogP contribution in [0.1, 0.15) is 33.6 Å². The van der Waals surface area contributed by atoms with Crippen molar-refractivity contribution >= 4 is 18.1 Å². The standard InChI is InChI=1S/C17H37N7/c1-17(2,3)14-21-16(20-11-9-13-24(6)7)22-15(18)19-10-8-12-23(4)5/h14H,8-13H2,1-7H3,(H3,18,19,20,22). The van der Waals surface area contributed by atoms with Gasteiger partial charge in [0.15, 0.2) is 5.96 Å². The van der Waals surface area contributed by atoms with Crippen LogP contribution in [-0.4, -0.2) is 82.3 Å². The van der Waals surface area contributed by atoms with Crippen molar-refractivity contribution in [3.63, 3.8) is 0 Å². The van der Waals surface area contributed by atoms with E-state index in [9.17, 15) is 0 Å². The highest BCUT2D eigenvalue weighted by atomic mass is 15.2. The molecule has 0 aliphatic carbocycles. The van der Waals surface area contributed by atoms with Crippen molar-refractivity contribution in [2.45, 2.75) is 33.6 Å². The van der Waals surface area contributed by atoms with Crippen LogP contribution in [0.15, 0.2) is 15.0 Å². The first kappa shape index (κ1) is 22.5. The summed E-state index contributed by atoms with van der Waals surface area (Å²) < 4.78 is 0. The fourth-order valence-electron chi connectivity index (χ4n) is 1.68. The Balaban J connectivity index is 4.64. The maximum absolute atomic E-state index is 5.95. The van der Waals surface area contributed by atoms with Crippen LogP contribution in [0.5, 0.6) is 0 Å². The summed E-state index contributed by atoms with van der Waals surface area (Å²) in [5.74, 6) is 0.892. The topological polar surface area (TPSA) is 81.6 Å². The van der Waals surface area contributed by atoms with Gasteiger partial charge >= 0.3 is 0 Å². The zero-order valence-electron chi connectivity index (χ0n) is 16.6. The van der Waals surface area contributed by atoms with Gasteiger partial charge in [0.25, 0.3) is 0 Å². The van der Waals surface area contributed by atoms with E-state index in [1.807, 2.05) is 20.3 Å². The van der Waals surface area contributed by atoms with Crippen LogP contribution in [-0.2, 0) is 0 Å². The van der Waals surface area contributed by atoms with E-state index in [0.29, 0.717) is 25.0 Å². The van der Waals surface area contributed by atoms with E-state index in [4.69, 9.17) is 5.73 Å². The van der Waals surface area contributed by atoms with E-state index in [1.54, 1.807) is 0 Å². The summed E-state index contributed by atoms with van der Waals surface area (Å²) in [5.41, 5.74) is 5.94. The molecule has 0 saturated heterocycles. The second-order valence-corrected chi connectivity index (χ2v) is 7.54. The molecule has 140 valence electrons. The normalized spacial score (nSPS) is 14.2. The molecule has 0 spiro atoms. The maximum Gasteiger partial charge on any atom is 0.224 e. The lowest BCUT2D eigenvalue weighted by Gasteiger charge is -2.12. The molecule has 24 heavy (non-hydrogen) atoms. The van der Waals surface area contributed by atoms with Crippen molar-refractivity contribution in [2.75, 3.05) is 54.4 Å². The van der Waals surface area contributed by atoms with Crippen molar-refractivity contribution in [3.05, 3.63) is 0 Å². The molecule has 0 aromatic carbocycles. The van der Waals surface area contributed by atoms with Gasteiger partial charge in [-0.25, -0.2) is 4.99 Å². The fraction of sp³-hybridized carbons (Fsp3) is 0.824. The molecule has 0 aromatic rings. The van der Waals surface area contributed by atoms with Gasteiger partial charge in [0.1, 0.15) is 0 Å². The van der Waals surface area contributed by atoms with E-state index in [-0.39, 0.29) is 5.41 Å². The van der Waals surface area contributed by atoms with E-state index in [0.717, 1.165) is 25.9 Å². The Morgan fingerprint density at radius 3 is 1.92 bits per heavy atom. The van der Waals surface area contributed by atoms with Gasteiger partial charge in [0.05, 0.1) is 0 Å². The Morgan fingerprint density at radius 2 is 1.46 bits per heavy atom. The number of nitrogens with two attached hydrogens (primary N) is 1. The van der Waals surface area contributed by atoms with Gasteiger partial charge in [-0.15, -0.1) is 0 Å². The molecule has 0 radical (unpaired) electrons. The number of guanidine groups is 2. The third-order valence-corrected chi connectivity index (χ3v) is 2.88. The zero-order valence-corrected chi connectivity index (χ0v) is 16.6. The fourth-order valence-corrected chi connectivity index (χ4v) is 1.68. The number of nitrogens with one attached hydrogen (secondary N) is 1. The summed E-state index contributed by atoms with van der Waals surface area (Å²) in [4.78, 5) is 17.5. The van der Waals surface area contributed by atoms with Crippen LogP contribution in [0.25, 0.3) is 0 Å². The molecular formula is C17H37N7. The van der Waals surface area contributed by atoms with Crippen LogP contribution in [0, 0.1) is 5.41 Å². The van der Waals surface area contributed by atoms with Crippen molar-refractivity contribution in [1.82, 2.24) is 15.1 Å². The van der Waals surface area contributed by atoms with Gasteiger partial charge in [-0.2, -0.15) is 0 Å². The molecule has 0 fully saturated rings. The second kappa shape index (κ2) is 12.0. The van der Waals surface area contributed by atoms with Gasteiger partial charge in [-0.05, 0) is 59.5 Å². The predicted octanol–water partition coefficient (Wildman–Crippen LogP) is 1.27. The number of hydrogen-bond donors (Lipinski definition) is 2.